The minimum absolute atomic E-state index is 0.218. The first-order valence-corrected chi connectivity index (χ1v) is 8.72. The van der Waals surface area contributed by atoms with Crippen LogP contribution in [0.1, 0.15) is 24.4 Å². The molecule has 0 saturated carbocycles. The molecule has 2 N–H and O–H groups in total. The number of nitrogens with two attached hydrogens (primary N) is 1. The van der Waals surface area contributed by atoms with E-state index in [1.165, 1.54) is 19.4 Å². The van der Waals surface area contributed by atoms with Gasteiger partial charge in [-0.3, -0.25) is 4.90 Å². The van der Waals surface area contributed by atoms with Gasteiger partial charge in [-0.15, -0.1) is 0 Å². The van der Waals surface area contributed by atoms with E-state index in [4.69, 9.17) is 17.3 Å². The second-order valence-electron chi connectivity index (χ2n) is 6.16. The van der Waals surface area contributed by atoms with Crippen LogP contribution in [0, 0.1) is 5.92 Å². The zero-order chi connectivity index (χ0) is 15.4. The van der Waals surface area contributed by atoms with Crippen molar-refractivity contribution < 1.29 is 0 Å². The van der Waals surface area contributed by atoms with Gasteiger partial charge in [-0.1, -0.05) is 27.5 Å². The SMILES string of the molecule is CN(C)CC1CCN(C(CN)c2cc(Br)ccc2Cl)CC1. The lowest BCUT2D eigenvalue weighted by Crippen LogP contribution is -2.41. The van der Waals surface area contributed by atoms with Gasteiger partial charge in [0.25, 0.3) is 0 Å². The molecule has 1 unspecified atom stereocenters. The Kier molecular flexibility index (Phi) is 6.51. The number of likely N-dealkylation sites (tertiary alicyclic amines) is 1. The Morgan fingerprint density at radius 3 is 2.62 bits per heavy atom. The largest absolute Gasteiger partial charge is 0.329 e. The van der Waals surface area contributed by atoms with E-state index in [1.807, 2.05) is 12.1 Å². The lowest BCUT2D eigenvalue weighted by molar-refractivity contribution is 0.122. The Morgan fingerprint density at radius 2 is 2.05 bits per heavy atom. The molecule has 1 aromatic carbocycles. The summed E-state index contributed by atoms with van der Waals surface area (Å²) in [5.74, 6) is 0.799. The summed E-state index contributed by atoms with van der Waals surface area (Å²) in [5.41, 5.74) is 7.18. The molecule has 118 valence electrons. The van der Waals surface area contributed by atoms with Crippen LogP contribution in [0.15, 0.2) is 22.7 Å². The van der Waals surface area contributed by atoms with E-state index in [9.17, 15) is 0 Å². The van der Waals surface area contributed by atoms with Crippen molar-refractivity contribution in [2.75, 3.05) is 40.3 Å². The summed E-state index contributed by atoms with van der Waals surface area (Å²) in [4.78, 5) is 4.77. The molecule has 21 heavy (non-hydrogen) atoms. The van der Waals surface area contributed by atoms with Crippen LogP contribution in [0.2, 0.25) is 5.02 Å². The highest BCUT2D eigenvalue weighted by molar-refractivity contribution is 9.10. The predicted octanol–water partition coefficient (Wildman–Crippen LogP) is 3.38. The fourth-order valence-electron chi connectivity index (χ4n) is 3.21. The zero-order valence-corrected chi connectivity index (χ0v) is 15.2. The van der Waals surface area contributed by atoms with Crippen LogP contribution >= 0.6 is 27.5 Å². The quantitative estimate of drug-likeness (QED) is 0.857. The van der Waals surface area contributed by atoms with Crippen LogP contribution in [-0.2, 0) is 0 Å². The molecule has 0 aliphatic carbocycles. The first-order valence-electron chi connectivity index (χ1n) is 7.55. The first kappa shape index (κ1) is 17.2. The minimum Gasteiger partial charge on any atom is -0.329 e. The van der Waals surface area contributed by atoms with E-state index in [0.29, 0.717) is 6.54 Å². The number of benzene rings is 1. The van der Waals surface area contributed by atoms with Gasteiger partial charge in [-0.05, 0) is 69.7 Å². The van der Waals surface area contributed by atoms with Gasteiger partial charge in [-0.25, -0.2) is 0 Å². The molecule has 0 aromatic heterocycles. The number of hydrogen-bond acceptors (Lipinski definition) is 3. The number of rotatable bonds is 5. The highest BCUT2D eigenvalue weighted by Gasteiger charge is 2.26. The topological polar surface area (TPSA) is 32.5 Å². The maximum atomic E-state index is 6.38. The maximum Gasteiger partial charge on any atom is 0.0485 e. The van der Waals surface area contributed by atoms with Gasteiger partial charge in [0.15, 0.2) is 0 Å². The molecule has 1 saturated heterocycles. The molecule has 0 spiro atoms. The molecule has 5 heteroatoms. The van der Waals surface area contributed by atoms with Gasteiger partial charge in [-0.2, -0.15) is 0 Å². The monoisotopic (exact) mass is 373 g/mol. The van der Waals surface area contributed by atoms with E-state index >= 15 is 0 Å². The van der Waals surface area contributed by atoms with Gasteiger partial charge < -0.3 is 10.6 Å². The van der Waals surface area contributed by atoms with Crippen molar-refractivity contribution in [2.24, 2.45) is 11.7 Å². The Hall–Kier alpha value is -0.130. The minimum atomic E-state index is 0.218. The van der Waals surface area contributed by atoms with Crippen LogP contribution in [-0.4, -0.2) is 50.1 Å². The van der Waals surface area contributed by atoms with Crippen molar-refractivity contribution in [3.63, 3.8) is 0 Å². The summed E-state index contributed by atoms with van der Waals surface area (Å²) < 4.78 is 1.06. The Bertz CT molecular complexity index is 459. The lowest BCUT2D eigenvalue weighted by atomic mass is 9.94. The second-order valence-corrected chi connectivity index (χ2v) is 7.48. The summed E-state index contributed by atoms with van der Waals surface area (Å²) in [5, 5.41) is 0.809. The fourth-order valence-corrected chi connectivity index (χ4v) is 3.83. The molecular weight excluding hydrogens is 350 g/mol. The van der Waals surface area contributed by atoms with Crippen molar-refractivity contribution in [1.82, 2.24) is 9.80 Å². The molecule has 1 aromatic rings. The van der Waals surface area contributed by atoms with Gasteiger partial charge >= 0.3 is 0 Å². The molecule has 3 nitrogen and oxygen atoms in total. The van der Waals surface area contributed by atoms with Crippen molar-refractivity contribution in [1.29, 1.82) is 0 Å². The average molecular weight is 375 g/mol. The van der Waals surface area contributed by atoms with E-state index in [0.717, 1.165) is 34.1 Å². The lowest BCUT2D eigenvalue weighted by Gasteiger charge is -2.38. The van der Waals surface area contributed by atoms with E-state index in [-0.39, 0.29) is 6.04 Å². The second kappa shape index (κ2) is 7.93. The van der Waals surface area contributed by atoms with Crippen LogP contribution in [0.25, 0.3) is 0 Å². The van der Waals surface area contributed by atoms with E-state index in [2.05, 4.69) is 45.9 Å². The molecule has 1 fully saturated rings. The van der Waals surface area contributed by atoms with Crippen molar-refractivity contribution >= 4 is 27.5 Å². The van der Waals surface area contributed by atoms with Crippen molar-refractivity contribution in [3.8, 4) is 0 Å². The van der Waals surface area contributed by atoms with Crippen LogP contribution < -0.4 is 5.73 Å². The molecule has 0 amide bonds. The number of nitrogens with zero attached hydrogens (tertiary/aromatic N) is 2. The average Bonchev–Trinajstić information content (AvgIpc) is 2.44. The first-order chi connectivity index (χ1) is 10.0. The molecule has 1 heterocycles. The summed E-state index contributed by atoms with van der Waals surface area (Å²) in [6, 6.07) is 6.24. The van der Waals surface area contributed by atoms with Gasteiger partial charge in [0, 0.05) is 28.6 Å². The number of halogens is 2. The van der Waals surface area contributed by atoms with Crippen molar-refractivity contribution in [3.05, 3.63) is 33.3 Å². The predicted molar refractivity (Wildman–Crippen MR) is 93.8 cm³/mol. The third kappa shape index (κ3) is 4.67. The molecule has 0 radical (unpaired) electrons. The zero-order valence-electron chi connectivity index (χ0n) is 12.9. The smallest absolute Gasteiger partial charge is 0.0485 e. The number of piperidine rings is 1. The normalized spacial score (nSPS) is 19.1. The van der Waals surface area contributed by atoms with E-state index in [1.54, 1.807) is 0 Å². The number of hydrogen-bond donors (Lipinski definition) is 1. The Balaban J connectivity index is 2.04. The summed E-state index contributed by atoms with van der Waals surface area (Å²) in [6.07, 6.45) is 2.47. The van der Waals surface area contributed by atoms with Gasteiger partial charge in [0.1, 0.15) is 0 Å². The Morgan fingerprint density at radius 1 is 1.38 bits per heavy atom. The molecule has 0 bridgehead atoms. The molecule has 1 aliphatic heterocycles. The Labute approximate surface area is 141 Å². The van der Waals surface area contributed by atoms with Crippen LogP contribution in [0.4, 0.5) is 0 Å². The molecule has 1 atom stereocenters. The van der Waals surface area contributed by atoms with E-state index < -0.39 is 0 Å². The molecule has 2 rings (SSSR count). The van der Waals surface area contributed by atoms with Crippen molar-refractivity contribution in [2.45, 2.75) is 18.9 Å². The van der Waals surface area contributed by atoms with Crippen LogP contribution in [0.5, 0.6) is 0 Å². The third-order valence-electron chi connectivity index (χ3n) is 4.25. The highest BCUT2D eigenvalue weighted by atomic mass is 79.9. The highest BCUT2D eigenvalue weighted by Crippen LogP contribution is 2.32. The maximum absolute atomic E-state index is 6.38. The standard InChI is InChI=1S/C16H25BrClN3/c1-20(2)11-12-5-7-21(8-6-12)16(10-19)14-9-13(17)3-4-15(14)18/h3-4,9,12,16H,5-8,10-11,19H2,1-2H3. The fraction of sp³-hybridized carbons (Fsp3) is 0.625. The summed E-state index contributed by atoms with van der Waals surface area (Å²) in [7, 11) is 4.30. The van der Waals surface area contributed by atoms with Crippen LogP contribution in [0.3, 0.4) is 0 Å². The summed E-state index contributed by atoms with van der Waals surface area (Å²) in [6.45, 7) is 3.99. The third-order valence-corrected chi connectivity index (χ3v) is 5.09. The van der Waals surface area contributed by atoms with Gasteiger partial charge in [0.2, 0.25) is 0 Å². The molecule has 1 aliphatic rings. The molecular formula is C16H25BrClN3. The summed E-state index contributed by atoms with van der Waals surface area (Å²) >= 11 is 9.91. The van der Waals surface area contributed by atoms with Gasteiger partial charge in [0.05, 0.1) is 0 Å².